The van der Waals surface area contributed by atoms with Gasteiger partial charge in [-0.15, -0.1) is 0 Å². The molecule has 0 bridgehead atoms. The van der Waals surface area contributed by atoms with E-state index >= 15 is 0 Å². The largest absolute Gasteiger partial charge is 0.395 e. The van der Waals surface area contributed by atoms with Gasteiger partial charge in [-0.05, 0) is 28.0 Å². The number of ether oxygens (including phenoxy) is 1. The second kappa shape index (κ2) is 7.79. The summed E-state index contributed by atoms with van der Waals surface area (Å²) in [6.45, 7) is 9.06. The monoisotopic (exact) mass is 399 g/mol. The second-order valence-corrected chi connectivity index (χ2v) is 13.4. The van der Waals surface area contributed by atoms with Crippen LogP contribution in [0.1, 0.15) is 0 Å². The Morgan fingerprint density at radius 2 is 2.13 bits per heavy atom. The van der Waals surface area contributed by atoms with Crippen molar-refractivity contribution in [3.63, 3.8) is 0 Å². The lowest BCUT2D eigenvalue weighted by atomic mass is 10.2. The van der Waals surface area contributed by atoms with Gasteiger partial charge < -0.3 is 19.3 Å². The van der Waals surface area contributed by atoms with Crippen molar-refractivity contribution in [1.29, 1.82) is 0 Å². The molecule has 2 aromatic rings. The van der Waals surface area contributed by atoms with Crippen LogP contribution in [0.3, 0.4) is 0 Å². The predicted octanol–water partition coefficient (Wildman–Crippen LogP) is 3.54. The first kappa shape index (κ1) is 18.4. The molecular weight excluding hydrogens is 374 g/mol. The molecule has 0 atom stereocenters. The summed E-state index contributed by atoms with van der Waals surface area (Å²) >= 11 is 3.56. The Balaban J connectivity index is 2.16. The van der Waals surface area contributed by atoms with Crippen molar-refractivity contribution in [1.82, 2.24) is 9.55 Å². The maximum absolute atomic E-state index is 9.18. The summed E-state index contributed by atoms with van der Waals surface area (Å²) in [7, 11) is 0.910. The highest BCUT2D eigenvalue weighted by molar-refractivity contribution is 9.10. The first-order valence-electron chi connectivity index (χ1n) is 7.86. The average molecular weight is 400 g/mol. The molecule has 0 amide bonds. The van der Waals surface area contributed by atoms with Crippen molar-refractivity contribution < 1.29 is 9.84 Å². The molecule has 0 spiro atoms. The van der Waals surface area contributed by atoms with Crippen molar-refractivity contribution in [2.75, 3.05) is 31.7 Å². The summed E-state index contributed by atoms with van der Waals surface area (Å²) in [5.41, 5.74) is 1.95. The van der Waals surface area contributed by atoms with Crippen molar-refractivity contribution in [2.45, 2.75) is 32.4 Å². The number of nitrogens with zero attached hydrogens (tertiary/aromatic N) is 3. The standard InChI is InChI=1S/C16H26BrN3O2Si/c1-19(7-8-21)15-13-5-6-20(16(13)18-11-14(15)17)12-22-9-10-23(2,3)4/h5-6,11,21H,7-10,12H2,1-4H3. The van der Waals surface area contributed by atoms with Crippen LogP contribution in [0.15, 0.2) is 22.9 Å². The van der Waals surface area contributed by atoms with Crippen LogP contribution in [0.2, 0.25) is 25.7 Å². The summed E-state index contributed by atoms with van der Waals surface area (Å²) in [5, 5.41) is 10.2. The third kappa shape index (κ3) is 4.79. The van der Waals surface area contributed by atoms with Crippen molar-refractivity contribution in [2.24, 2.45) is 0 Å². The van der Waals surface area contributed by atoms with Crippen molar-refractivity contribution in [3.05, 3.63) is 22.9 Å². The fourth-order valence-electron chi connectivity index (χ4n) is 2.40. The Bertz CT molecular complexity index is 655. The molecule has 2 rings (SSSR count). The Labute approximate surface area is 147 Å². The van der Waals surface area contributed by atoms with Gasteiger partial charge in [0, 0.05) is 46.1 Å². The molecule has 0 aliphatic heterocycles. The molecule has 0 unspecified atom stereocenters. The van der Waals surface area contributed by atoms with Crippen LogP contribution in [-0.2, 0) is 11.5 Å². The molecule has 2 heterocycles. The van der Waals surface area contributed by atoms with Gasteiger partial charge in [-0.3, -0.25) is 0 Å². The number of aliphatic hydroxyl groups excluding tert-OH is 1. The Kier molecular flexibility index (Phi) is 6.24. The van der Waals surface area contributed by atoms with Crippen molar-refractivity contribution in [3.8, 4) is 0 Å². The second-order valence-electron chi connectivity index (χ2n) is 6.97. The van der Waals surface area contributed by atoms with Gasteiger partial charge in [0.25, 0.3) is 0 Å². The third-order valence-electron chi connectivity index (χ3n) is 3.76. The fourth-order valence-corrected chi connectivity index (χ4v) is 3.77. The molecule has 23 heavy (non-hydrogen) atoms. The number of aliphatic hydroxyl groups is 1. The first-order chi connectivity index (χ1) is 10.8. The number of hydrogen-bond donors (Lipinski definition) is 1. The van der Waals surface area contributed by atoms with Gasteiger partial charge >= 0.3 is 0 Å². The minimum atomic E-state index is -1.06. The molecule has 2 aromatic heterocycles. The van der Waals surface area contributed by atoms with Crippen LogP contribution in [0.4, 0.5) is 5.69 Å². The number of hydrogen-bond acceptors (Lipinski definition) is 4. The van der Waals surface area contributed by atoms with E-state index in [-0.39, 0.29) is 6.61 Å². The highest BCUT2D eigenvalue weighted by atomic mass is 79.9. The zero-order valence-electron chi connectivity index (χ0n) is 14.3. The molecule has 7 heteroatoms. The van der Waals surface area contributed by atoms with E-state index in [0.717, 1.165) is 33.8 Å². The van der Waals surface area contributed by atoms with Crippen LogP contribution >= 0.6 is 15.9 Å². The number of rotatable bonds is 8. The van der Waals surface area contributed by atoms with Crippen LogP contribution in [0, 0.1) is 0 Å². The molecule has 0 aliphatic rings. The topological polar surface area (TPSA) is 50.5 Å². The lowest BCUT2D eigenvalue weighted by Crippen LogP contribution is -2.22. The van der Waals surface area contributed by atoms with E-state index in [4.69, 9.17) is 4.74 Å². The molecule has 128 valence electrons. The van der Waals surface area contributed by atoms with Crippen LogP contribution in [0.25, 0.3) is 11.0 Å². The molecule has 0 saturated carbocycles. The fraction of sp³-hybridized carbons (Fsp3) is 0.562. The number of halogens is 1. The van der Waals surface area contributed by atoms with E-state index in [0.29, 0.717) is 13.3 Å². The maximum atomic E-state index is 9.18. The normalized spacial score (nSPS) is 12.1. The van der Waals surface area contributed by atoms with Gasteiger partial charge in [0.2, 0.25) is 0 Å². The molecule has 0 aliphatic carbocycles. The summed E-state index contributed by atoms with van der Waals surface area (Å²) in [6.07, 6.45) is 3.82. The summed E-state index contributed by atoms with van der Waals surface area (Å²) in [6, 6.07) is 3.22. The Hall–Kier alpha value is -0.893. The Morgan fingerprint density at radius 3 is 2.78 bits per heavy atom. The van der Waals surface area contributed by atoms with Crippen LogP contribution < -0.4 is 4.90 Å². The summed E-state index contributed by atoms with van der Waals surface area (Å²) in [5.74, 6) is 0. The lowest BCUT2D eigenvalue weighted by Gasteiger charge is -2.20. The number of aromatic nitrogens is 2. The predicted molar refractivity (Wildman–Crippen MR) is 102 cm³/mol. The summed E-state index contributed by atoms with van der Waals surface area (Å²) < 4.78 is 8.79. The SMILES string of the molecule is CN(CCO)c1c(Br)cnc2c1ccn2COCC[Si](C)(C)C. The highest BCUT2D eigenvalue weighted by Crippen LogP contribution is 2.33. The number of pyridine rings is 1. The van der Waals surface area contributed by atoms with Gasteiger partial charge in [0.05, 0.1) is 16.8 Å². The van der Waals surface area contributed by atoms with Gasteiger partial charge in [-0.1, -0.05) is 19.6 Å². The molecule has 0 fully saturated rings. The van der Waals surface area contributed by atoms with E-state index in [2.05, 4.69) is 46.6 Å². The minimum absolute atomic E-state index is 0.118. The minimum Gasteiger partial charge on any atom is -0.395 e. The molecule has 1 N–H and O–H groups in total. The smallest absolute Gasteiger partial charge is 0.143 e. The average Bonchev–Trinajstić information content (AvgIpc) is 2.85. The number of likely N-dealkylation sites (N-methyl/N-ethyl adjacent to an activating group) is 1. The van der Waals surface area contributed by atoms with E-state index in [1.54, 1.807) is 0 Å². The van der Waals surface area contributed by atoms with E-state index in [1.807, 2.05) is 28.9 Å². The number of fused-ring (bicyclic) bond motifs is 1. The third-order valence-corrected chi connectivity index (χ3v) is 6.04. The zero-order valence-corrected chi connectivity index (χ0v) is 16.9. The van der Waals surface area contributed by atoms with Gasteiger partial charge in [0.15, 0.2) is 0 Å². The molecule has 5 nitrogen and oxygen atoms in total. The van der Waals surface area contributed by atoms with E-state index in [9.17, 15) is 5.11 Å². The molecular formula is C16H26BrN3O2Si. The van der Waals surface area contributed by atoms with Crippen molar-refractivity contribution >= 4 is 40.7 Å². The van der Waals surface area contributed by atoms with Crippen LogP contribution in [-0.4, -0.2) is 49.5 Å². The first-order valence-corrected chi connectivity index (χ1v) is 12.4. The Morgan fingerprint density at radius 1 is 1.39 bits per heavy atom. The van der Waals surface area contributed by atoms with Crippen LogP contribution in [0.5, 0.6) is 0 Å². The maximum Gasteiger partial charge on any atom is 0.143 e. The zero-order chi connectivity index (χ0) is 17.0. The van der Waals surface area contributed by atoms with Gasteiger partial charge in [-0.2, -0.15) is 0 Å². The van der Waals surface area contributed by atoms with E-state index in [1.165, 1.54) is 0 Å². The quantitative estimate of drug-likeness (QED) is 0.544. The lowest BCUT2D eigenvalue weighted by molar-refractivity contribution is 0.0899. The highest BCUT2D eigenvalue weighted by Gasteiger charge is 2.15. The number of anilines is 1. The molecule has 0 saturated heterocycles. The molecule has 0 aromatic carbocycles. The van der Waals surface area contributed by atoms with Gasteiger partial charge in [-0.25, -0.2) is 4.98 Å². The van der Waals surface area contributed by atoms with E-state index < -0.39 is 8.07 Å². The summed E-state index contributed by atoms with van der Waals surface area (Å²) in [4.78, 5) is 6.56. The molecule has 0 radical (unpaired) electrons. The van der Waals surface area contributed by atoms with Gasteiger partial charge in [0.1, 0.15) is 12.4 Å².